The van der Waals surface area contributed by atoms with Gasteiger partial charge in [-0.25, -0.2) is 0 Å². The highest BCUT2D eigenvalue weighted by Crippen LogP contribution is 2.28. The van der Waals surface area contributed by atoms with Crippen molar-refractivity contribution >= 4 is 15.9 Å². The van der Waals surface area contributed by atoms with Crippen molar-refractivity contribution in [2.75, 3.05) is 6.54 Å². The molecule has 1 N–H and O–H groups in total. The Labute approximate surface area is 127 Å². The highest BCUT2D eigenvalue weighted by molar-refractivity contribution is 9.10. The van der Waals surface area contributed by atoms with Crippen molar-refractivity contribution in [1.29, 1.82) is 0 Å². The Bertz CT molecular complexity index is 362. The van der Waals surface area contributed by atoms with E-state index >= 15 is 0 Å². The van der Waals surface area contributed by atoms with Crippen LogP contribution in [0, 0.1) is 6.92 Å². The largest absolute Gasteiger partial charge is 0.310 e. The second-order valence-corrected chi connectivity index (χ2v) is 6.16. The molecule has 0 saturated carbocycles. The molecule has 0 aromatic heterocycles. The minimum Gasteiger partial charge on any atom is -0.310 e. The van der Waals surface area contributed by atoms with E-state index in [2.05, 4.69) is 60.2 Å². The number of unbranched alkanes of at least 4 members (excludes halogenated alkanes) is 3. The first-order valence-corrected chi connectivity index (χ1v) is 8.48. The van der Waals surface area contributed by atoms with Crippen LogP contribution in [0.3, 0.4) is 0 Å². The Kier molecular flexibility index (Phi) is 8.40. The van der Waals surface area contributed by atoms with Crippen LogP contribution < -0.4 is 5.32 Å². The van der Waals surface area contributed by atoms with Crippen molar-refractivity contribution in [1.82, 2.24) is 5.32 Å². The van der Waals surface area contributed by atoms with Gasteiger partial charge in [0.25, 0.3) is 0 Å². The van der Waals surface area contributed by atoms with E-state index < -0.39 is 0 Å². The quantitative estimate of drug-likeness (QED) is 0.568. The van der Waals surface area contributed by atoms with Gasteiger partial charge in [0.2, 0.25) is 0 Å². The van der Waals surface area contributed by atoms with Crippen LogP contribution in [0.2, 0.25) is 0 Å². The molecule has 1 nitrogen and oxygen atoms in total. The second kappa shape index (κ2) is 9.55. The third-order valence-electron chi connectivity index (χ3n) is 3.67. The minimum atomic E-state index is 0.509. The second-order valence-electron chi connectivity index (χ2n) is 5.31. The molecule has 0 bridgehead atoms. The summed E-state index contributed by atoms with van der Waals surface area (Å²) >= 11 is 3.65. The van der Waals surface area contributed by atoms with E-state index in [9.17, 15) is 0 Å². The molecule has 1 atom stereocenters. The smallest absolute Gasteiger partial charge is 0.0323 e. The van der Waals surface area contributed by atoms with Gasteiger partial charge in [0.05, 0.1) is 0 Å². The van der Waals surface area contributed by atoms with Crippen LogP contribution >= 0.6 is 15.9 Å². The molecule has 0 amide bonds. The van der Waals surface area contributed by atoms with E-state index in [-0.39, 0.29) is 0 Å². The summed E-state index contributed by atoms with van der Waals surface area (Å²) in [6.45, 7) is 7.82. The number of nitrogens with one attached hydrogen (secondary N) is 1. The van der Waals surface area contributed by atoms with Crippen molar-refractivity contribution in [3.8, 4) is 0 Å². The van der Waals surface area contributed by atoms with Crippen LogP contribution in [-0.2, 0) is 0 Å². The number of benzene rings is 1. The summed E-state index contributed by atoms with van der Waals surface area (Å²) in [4.78, 5) is 0. The number of hydrogen-bond acceptors (Lipinski definition) is 1. The van der Waals surface area contributed by atoms with Crippen molar-refractivity contribution in [2.45, 2.75) is 65.3 Å². The molecule has 0 aliphatic carbocycles. The Morgan fingerprint density at radius 3 is 2.58 bits per heavy atom. The molecule has 1 aromatic carbocycles. The first kappa shape index (κ1) is 16.7. The molecule has 1 aromatic rings. The average molecular weight is 326 g/mol. The van der Waals surface area contributed by atoms with Gasteiger partial charge >= 0.3 is 0 Å². The zero-order chi connectivity index (χ0) is 14.1. The maximum Gasteiger partial charge on any atom is 0.0323 e. The fourth-order valence-corrected chi connectivity index (χ4v) is 2.84. The highest BCUT2D eigenvalue weighted by atomic mass is 79.9. The SMILES string of the molecule is CCCCCCC(NCCC)c1cccc(Br)c1C. The van der Waals surface area contributed by atoms with Crippen LogP contribution in [0.5, 0.6) is 0 Å². The summed E-state index contributed by atoms with van der Waals surface area (Å²) in [5.74, 6) is 0. The molecule has 1 rings (SSSR count). The Morgan fingerprint density at radius 2 is 1.89 bits per heavy atom. The maximum absolute atomic E-state index is 3.71. The summed E-state index contributed by atoms with van der Waals surface area (Å²) < 4.78 is 1.22. The lowest BCUT2D eigenvalue weighted by molar-refractivity contribution is 0.469. The molecule has 2 heteroatoms. The fourth-order valence-electron chi connectivity index (χ4n) is 2.46. The predicted molar refractivity (Wildman–Crippen MR) is 88.7 cm³/mol. The fraction of sp³-hybridized carbons (Fsp3) is 0.647. The van der Waals surface area contributed by atoms with Gasteiger partial charge in [-0.3, -0.25) is 0 Å². The first-order chi connectivity index (χ1) is 9.20. The predicted octanol–water partition coefficient (Wildman–Crippen LogP) is 5.77. The van der Waals surface area contributed by atoms with Crippen molar-refractivity contribution in [2.24, 2.45) is 0 Å². The summed E-state index contributed by atoms with van der Waals surface area (Å²) in [6, 6.07) is 7.06. The normalized spacial score (nSPS) is 12.6. The number of halogens is 1. The molecule has 1 unspecified atom stereocenters. The summed E-state index contributed by atoms with van der Waals surface area (Å²) in [5, 5.41) is 3.71. The maximum atomic E-state index is 3.71. The Hall–Kier alpha value is -0.340. The average Bonchev–Trinajstić information content (AvgIpc) is 2.42. The van der Waals surface area contributed by atoms with Crippen molar-refractivity contribution in [3.05, 3.63) is 33.8 Å². The molecular formula is C17H28BrN. The van der Waals surface area contributed by atoms with Crippen LogP contribution in [-0.4, -0.2) is 6.54 Å². The van der Waals surface area contributed by atoms with E-state index in [1.54, 1.807) is 0 Å². The Balaban J connectivity index is 2.69. The lowest BCUT2D eigenvalue weighted by Crippen LogP contribution is -2.23. The van der Waals surface area contributed by atoms with Gasteiger partial charge in [-0.05, 0) is 43.5 Å². The van der Waals surface area contributed by atoms with Crippen LogP contribution in [0.1, 0.15) is 69.5 Å². The summed E-state index contributed by atoms with van der Waals surface area (Å²) in [7, 11) is 0. The molecule has 0 radical (unpaired) electrons. The van der Waals surface area contributed by atoms with Gasteiger partial charge in [-0.1, -0.05) is 67.6 Å². The highest BCUT2D eigenvalue weighted by Gasteiger charge is 2.13. The zero-order valence-electron chi connectivity index (χ0n) is 12.6. The molecule has 0 saturated heterocycles. The molecule has 108 valence electrons. The minimum absolute atomic E-state index is 0.509. The zero-order valence-corrected chi connectivity index (χ0v) is 14.2. The van der Waals surface area contributed by atoms with Crippen molar-refractivity contribution in [3.63, 3.8) is 0 Å². The summed E-state index contributed by atoms with van der Waals surface area (Å²) in [5.41, 5.74) is 2.84. The standard InChI is InChI=1S/C17H28BrN/c1-4-6-7-8-12-17(19-13-5-2)15-10-9-11-16(18)14(15)3/h9-11,17,19H,4-8,12-13H2,1-3H3. The molecule has 19 heavy (non-hydrogen) atoms. The van der Waals surface area contributed by atoms with Crippen LogP contribution in [0.4, 0.5) is 0 Å². The summed E-state index contributed by atoms with van der Waals surface area (Å²) in [6.07, 6.45) is 7.78. The first-order valence-electron chi connectivity index (χ1n) is 7.69. The van der Waals surface area contributed by atoms with E-state index in [0.717, 1.165) is 6.54 Å². The monoisotopic (exact) mass is 325 g/mol. The third kappa shape index (κ3) is 5.66. The van der Waals surface area contributed by atoms with Gasteiger partial charge < -0.3 is 5.32 Å². The molecular weight excluding hydrogens is 298 g/mol. The number of hydrogen-bond donors (Lipinski definition) is 1. The topological polar surface area (TPSA) is 12.0 Å². The molecule has 0 spiro atoms. The van der Waals surface area contributed by atoms with Crippen LogP contribution in [0.25, 0.3) is 0 Å². The molecule has 0 heterocycles. The van der Waals surface area contributed by atoms with E-state index in [1.807, 2.05) is 0 Å². The number of rotatable bonds is 9. The van der Waals surface area contributed by atoms with E-state index in [4.69, 9.17) is 0 Å². The van der Waals surface area contributed by atoms with Gasteiger partial charge in [0.15, 0.2) is 0 Å². The van der Waals surface area contributed by atoms with Crippen molar-refractivity contribution < 1.29 is 0 Å². The molecule has 0 fully saturated rings. The lowest BCUT2D eigenvalue weighted by Gasteiger charge is -2.21. The van der Waals surface area contributed by atoms with Gasteiger partial charge in [0, 0.05) is 10.5 Å². The van der Waals surface area contributed by atoms with E-state index in [0.29, 0.717) is 6.04 Å². The lowest BCUT2D eigenvalue weighted by atomic mass is 9.96. The van der Waals surface area contributed by atoms with Gasteiger partial charge in [-0.15, -0.1) is 0 Å². The van der Waals surface area contributed by atoms with E-state index in [1.165, 1.54) is 54.1 Å². The van der Waals surface area contributed by atoms with Gasteiger partial charge in [0.1, 0.15) is 0 Å². The third-order valence-corrected chi connectivity index (χ3v) is 4.53. The van der Waals surface area contributed by atoms with Crippen LogP contribution in [0.15, 0.2) is 22.7 Å². The molecule has 0 aliphatic heterocycles. The Morgan fingerprint density at radius 1 is 1.11 bits per heavy atom. The molecule has 0 aliphatic rings. The van der Waals surface area contributed by atoms with Gasteiger partial charge in [-0.2, -0.15) is 0 Å².